The molecule has 0 unspecified atom stereocenters. The van der Waals surface area contributed by atoms with Crippen molar-refractivity contribution in [2.45, 2.75) is 34.2 Å². The number of carboxylic acid groups (broad SMARTS) is 1. The van der Waals surface area contributed by atoms with Gasteiger partial charge in [0.1, 0.15) is 0 Å². The first-order valence-electron chi connectivity index (χ1n) is 4.68. The lowest BCUT2D eigenvalue weighted by molar-refractivity contribution is -0.147. The number of carboxylic acids is 1. The highest BCUT2D eigenvalue weighted by Gasteiger charge is 2.29. The second-order valence-corrected chi connectivity index (χ2v) is 5.12. The van der Waals surface area contributed by atoms with Gasteiger partial charge in [0.05, 0.1) is 22.1 Å². The number of rotatable bonds is 3. The molecule has 0 radical (unpaired) electrons. The van der Waals surface area contributed by atoms with Gasteiger partial charge >= 0.3 is 5.97 Å². The quantitative estimate of drug-likeness (QED) is 0.921. The molecule has 4 nitrogen and oxygen atoms in total. The summed E-state index contributed by atoms with van der Waals surface area (Å²) in [6, 6.07) is 0. The molecule has 0 saturated heterocycles. The molecule has 0 bridgehead atoms. The van der Waals surface area contributed by atoms with Gasteiger partial charge in [0.15, 0.2) is 0 Å². The molecule has 0 aliphatic carbocycles. The summed E-state index contributed by atoms with van der Waals surface area (Å²) in [6.45, 7) is 7.57. The van der Waals surface area contributed by atoms with Crippen molar-refractivity contribution < 1.29 is 9.90 Å². The number of aliphatic carboxylic acids is 1. The van der Waals surface area contributed by atoms with Crippen LogP contribution in [0.15, 0.2) is 4.47 Å². The van der Waals surface area contributed by atoms with E-state index >= 15 is 0 Å². The molecule has 0 amide bonds. The average molecular weight is 275 g/mol. The van der Waals surface area contributed by atoms with Gasteiger partial charge in [-0.05, 0) is 43.6 Å². The fourth-order valence-electron chi connectivity index (χ4n) is 1.27. The number of halogens is 1. The van der Waals surface area contributed by atoms with E-state index in [1.807, 2.05) is 13.8 Å². The molecule has 1 aromatic rings. The van der Waals surface area contributed by atoms with E-state index in [4.69, 9.17) is 5.11 Å². The van der Waals surface area contributed by atoms with E-state index in [0.717, 1.165) is 15.9 Å². The topological polar surface area (TPSA) is 55.1 Å². The predicted molar refractivity (Wildman–Crippen MR) is 60.8 cm³/mol. The fraction of sp³-hybridized carbons (Fsp3) is 0.600. The average Bonchev–Trinajstić information content (AvgIpc) is 2.33. The standard InChI is InChI=1S/C10H15BrN2O2/c1-6-8(11)7(2)13(12-6)5-10(3,4)9(14)15/h5H2,1-4H3,(H,14,15). The summed E-state index contributed by atoms with van der Waals surface area (Å²) < 4.78 is 2.68. The molecule has 0 spiro atoms. The minimum Gasteiger partial charge on any atom is -0.481 e. The second kappa shape index (κ2) is 3.96. The summed E-state index contributed by atoms with van der Waals surface area (Å²) in [7, 11) is 0. The number of carbonyl (C=O) groups is 1. The summed E-state index contributed by atoms with van der Waals surface area (Å²) in [5, 5.41) is 13.3. The van der Waals surface area contributed by atoms with E-state index in [2.05, 4.69) is 21.0 Å². The normalized spacial score (nSPS) is 11.8. The van der Waals surface area contributed by atoms with Crippen LogP contribution in [0, 0.1) is 19.3 Å². The predicted octanol–water partition coefficient (Wildman–Crippen LogP) is 2.37. The van der Waals surface area contributed by atoms with E-state index in [1.54, 1.807) is 18.5 Å². The lowest BCUT2D eigenvalue weighted by Crippen LogP contribution is -2.30. The molecule has 0 saturated carbocycles. The van der Waals surface area contributed by atoms with Crippen LogP contribution < -0.4 is 0 Å². The molecule has 1 heterocycles. The van der Waals surface area contributed by atoms with Crippen LogP contribution in [0.1, 0.15) is 25.2 Å². The summed E-state index contributed by atoms with van der Waals surface area (Å²) >= 11 is 3.41. The first kappa shape index (κ1) is 12.2. The number of nitrogens with zero attached hydrogens (tertiary/aromatic N) is 2. The molecule has 84 valence electrons. The van der Waals surface area contributed by atoms with Crippen LogP contribution in [0.5, 0.6) is 0 Å². The van der Waals surface area contributed by atoms with Crippen LogP contribution in [0.3, 0.4) is 0 Å². The van der Waals surface area contributed by atoms with Crippen molar-refractivity contribution in [1.29, 1.82) is 0 Å². The van der Waals surface area contributed by atoms with Gasteiger partial charge in [0.2, 0.25) is 0 Å². The van der Waals surface area contributed by atoms with E-state index in [9.17, 15) is 4.79 Å². The summed E-state index contributed by atoms with van der Waals surface area (Å²) in [5.41, 5.74) is 1.04. The number of hydrogen-bond donors (Lipinski definition) is 1. The van der Waals surface area contributed by atoms with E-state index in [1.165, 1.54) is 0 Å². The van der Waals surface area contributed by atoms with Crippen molar-refractivity contribution in [1.82, 2.24) is 9.78 Å². The van der Waals surface area contributed by atoms with Crippen molar-refractivity contribution in [3.05, 3.63) is 15.9 Å². The molecule has 0 fully saturated rings. The zero-order chi connectivity index (χ0) is 11.8. The highest BCUT2D eigenvalue weighted by Crippen LogP contribution is 2.24. The highest BCUT2D eigenvalue weighted by molar-refractivity contribution is 9.10. The second-order valence-electron chi connectivity index (χ2n) is 4.33. The van der Waals surface area contributed by atoms with Crippen molar-refractivity contribution in [3.63, 3.8) is 0 Å². The lowest BCUT2D eigenvalue weighted by atomic mass is 9.94. The third kappa shape index (κ3) is 2.40. The van der Waals surface area contributed by atoms with Crippen molar-refractivity contribution in [3.8, 4) is 0 Å². The maximum Gasteiger partial charge on any atom is 0.310 e. The van der Waals surface area contributed by atoms with Gasteiger partial charge in [-0.25, -0.2) is 0 Å². The van der Waals surface area contributed by atoms with E-state index in [-0.39, 0.29) is 0 Å². The first-order valence-corrected chi connectivity index (χ1v) is 5.48. The van der Waals surface area contributed by atoms with Gasteiger partial charge in [-0.2, -0.15) is 5.10 Å². The van der Waals surface area contributed by atoms with Crippen LogP contribution >= 0.6 is 15.9 Å². The highest BCUT2D eigenvalue weighted by atomic mass is 79.9. The molecule has 15 heavy (non-hydrogen) atoms. The molecule has 0 aliphatic heterocycles. The molecule has 0 aliphatic rings. The minimum absolute atomic E-state index is 0.376. The van der Waals surface area contributed by atoms with Gasteiger partial charge in [-0.3, -0.25) is 9.48 Å². The Morgan fingerprint density at radius 2 is 2.07 bits per heavy atom. The van der Waals surface area contributed by atoms with Crippen molar-refractivity contribution in [2.75, 3.05) is 0 Å². The maximum absolute atomic E-state index is 11.0. The van der Waals surface area contributed by atoms with Gasteiger partial charge in [-0.15, -0.1) is 0 Å². The minimum atomic E-state index is -0.814. The van der Waals surface area contributed by atoms with E-state index < -0.39 is 11.4 Å². The van der Waals surface area contributed by atoms with Gasteiger partial charge in [0, 0.05) is 5.69 Å². The van der Waals surface area contributed by atoms with Crippen molar-refractivity contribution in [2.24, 2.45) is 5.41 Å². The molecule has 1 rings (SSSR count). The van der Waals surface area contributed by atoms with Crippen LogP contribution in [0.2, 0.25) is 0 Å². The number of hydrogen-bond acceptors (Lipinski definition) is 2. The number of aryl methyl sites for hydroxylation is 1. The molecule has 1 aromatic heterocycles. The van der Waals surface area contributed by atoms with Crippen LogP contribution in [-0.4, -0.2) is 20.9 Å². The third-order valence-electron chi connectivity index (χ3n) is 2.42. The van der Waals surface area contributed by atoms with E-state index in [0.29, 0.717) is 6.54 Å². The Morgan fingerprint density at radius 3 is 2.40 bits per heavy atom. The largest absolute Gasteiger partial charge is 0.481 e. The Labute approximate surface area is 97.4 Å². The van der Waals surface area contributed by atoms with Gasteiger partial charge < -0.3 is 5.11 Å². The van der Waals surface area contributed by atoms with Crippen LogP contribution in [0.25, 0.3) is 0 Å². The Bertz CT molecular complexity index is 396. The SMILES string of the molecule is Cc1nn(CC(C)(C)C(=O)O)c(C)c1Br. The first-order chi connectivity index (χ1) is 6.75. The molecule has 5 heteroatoms. The Morgan fingerprint density at radius 1 is 1.53 bits per heavy atom. The van der Waals surface area contributed by atoms with Gasteiger partial charge in [0.25, 0.3) is 0 Å². The zero-order valence-corrected chi connectivity index (χ0v) is 10.9. The Kier molecular flexibility index (Phi) is 3.23. The molecular formula is C10H15BrN2O2. The summed E-state index contributed by atoms with van der Waals surface area (Å²) in [4.78, 5) is 11.0. The zero-order valence-electron chi connectivity index (χ0n) is 9.33. The molecular weight excluding hydrogens is 260 g/mol. The third-order valence-corrected chi connectivity index (χ3v) is 3.56. The molecule has 0 aromatic carbocycles. The number of aromatic nitrogens is 2. The van der Waals surface area contributed by atoms with Gasteiger partial charge in [-0.1, -0.05) is 0 Å². The molecule has 1 N–H and O–H groups in total. The van der Waals surface area contributed by atoms with Crippen LogP contribution in [-0.2, 0) is 11.3 Å². The Balaban J connectivity index is 3.00. The summed E-state index contributed by atoms with van der Waals surface area (Å²) in [5.74, 6) is -0.814. The van der Waals surface area contributed by atoms with Crippen molar-refractivity contribution >= 4 is 21.9 Å². The Hall–Kier alpha value is -0.840. The molecule has 0 atom stereocenters. The smallest absolute Gasteiger partial charge is 0.310 e. The summed E-state index contributed by atoms with van der Waals surface area (Å²) in [6.07, 6.45) is 0. The van der Waals surface area contributed by atoms with Crippen LogP contribution in [0.4, 0.5) is 0 Å². The monoisotopic (exact) mass is 274 g/mol. The fourth-order valence-corrected chi connectivity index (χ4v) is 1.56. The maximum atomic E-state index is 11.0. The lowest BCUT2D eigenvalue weighted by Gasteiger charge is -2.19.